The van der Waals surface area contributed by atoms with E-state index in [0.29, 0.717) is 5.92 Å². The number of hydrogen-bond acceptors (Lipinski definition) is 1. The number of benzene rings is 1. The third kappa shape index (κ3) is 3.41. The molecule has 0 aliphatic rings. The van der Waals surface area contributed by atoms with Crippen LogP contribution in [0.15, 0.2) is 35.7 Å². The smallest absolute Gasteiger partial charge is 0.0115 e. The summed E-state index contributed by atoms with van der Waals surface area (Å²) in [4.78, 5) is 1.05. The number of hydrogen-bond donors (Lipinski definition) is 1. The summed E-state index contributed by atoms with van der Waals surface area (Å²) < 4.78 is 0. The van der Waals surface area contributed by atoms with E-state index in [1.807, 2.05) is 12.1 Å². The van der Waals surface area contributed by atoms with Gasteiger partial charge in [-0.2, -0.15) is 0 Å². The van der Waals surface area contributed by atoms with E-state index in [2.05, 4.69) is 45.2 Å². The van der Waals surface area contributed by atoms with Gasteiger partial charge in [0.15, 0.2) is 0 Å². The Morgan fingerprint density at radius 2 is 1.75 bits per heavy atom. The molecule has 0 saturated heterocycles. The molecule has 88 valence electrons. The van der Waals surface area contributed by atoms with Crippen LogP contribution in [-0.4, -0.2) is 0 Å². The molecule has 0 saturated carbocycles. The second-order valence-corrected chi connectivity index (χ2v) is 4.80. The largest absolute Gasteiger partial charge is 0.143 e. The topological polar surface area (TPSA) is 0 Å². The first-order chi connectivity index (χ1) is 7.70. The van der Waals surface area contributed by atoms with Gasteiger partial charge in [0.2, 0.25) is 0 Å². The standard InChI is InChI=1S/C15H22S/c1-4-8-13(9-5-2)12(3)14-10-6-7-11-15(14)16/h6-7,10-11,13,16H,3-5,8-9H2,1-2H3. The van der Waals surface area contributed by atoms with Gasteiger partial charge in [-0.25, -0.2) is 0 Å². The third-order valence-electron chi connectivity index (χ3n) is 3.02. The molecule has 1 aromatic carbocycles. The molecule has 0 fully saturated rings. The Hall–Kier alpha value is -0.690. The fraction of sp³-hybridized carbons (Fsp3) is 0.467. The molecule has 16 heavy (non-hydrogen) atoms. The van der Waals surface area contributed by atoms with Crippen LogP contribution in [0.5, 0.6) is 0 Å². The summed E-state index contributed by atoms with van der Waals surface area (Å²) in [5, 5.41) is 0. The van der Waals surface area contributed by atoms with E-state index >= 15 is 0 Å². The summed E-state index contributed by atoms with van der Waals surface area (Å²) in [6, 6.07) is 8.25. The first kappa shape index (κ1) is 13.4. The van der Waals surface area contributed by atoms with Crippen molar-refractivity contribution in [2.75, 3.05) is 0 Å². The van der Waals surface area contributed by atoms with Crippen molar-refractivity contribution in [3.63, 3.8) is 0 Å². The van der Waals surface area contributed by atoms with Crippen molar-refractivity contribution in [2.24, 2.45) is 5.92 Å². The molecule has 0 heterocycles. The summed E-state index contributed by atoms with van der Waals surface area (Å²) in [6.07, 6.45) is 4.90. The highest BCUT2D eigenvalue weighted by Crippen LogP contribution is 2.32. The first-order valence-corrected chi connectivity index (χ1v) is 6.62. The van der Waals surface area contributed by atoms with Gasteiger partial charge in [-0.05, 0) is 36.0 Å². The van der Waals surface area contributed by atoms with Crippen molar-refractivity contribution >= 4 is 18.2 Å². The molecule has 0 bridgehead atoms. The van der Waals surface area contributed by atoms with E-state index in [1.165, 1.54) is 36.8 Å². The van der Waals surface area contributed by atoms with Gasteiger partial charge in [0, 0.05) is 4.90 Å². The van der Waals surface area contributed by atoms with Gasteiger partial charge in [0.25, 0.3) is 0 Å². The minimum atomic E-state index is 0.614. The summed E-state index contributed by atoms with van der Waals surface area (Å²) >= 11 is 4.51. The SMILES string of the molecule is C=C(c1ccccc1S)C(CCC)CCC. The molecule has 1 aromatic rings. The maximum atomic E-state index is 4.51. The van der Waals surface area contributed by atoms with Crippen LogP contribution in [0.3, 0.4) is 0 Å². The second kappa shape index (κ2) is 6.80. The Labute approximate surface area is 105 Å². The zero-order valence-electron chi connectivity index (χ0n) is 10.4. The molecule has 1 rings (SSSR count). The lowest BCUT2D eigenvalue weighted by molar-refractivity contribution is 0.544. The maximum absolute atomic E-state index is 4.51. The Bertz CT molecular complexity index is 335. The van der Waals surface area contributed by atoms with Crippen molar-refractivity contribution < 1.29 is 0 Å². The molecule has 0 atom stereocenters. The molecule has 0 amide bonds. The maximum Gasteiger partial charge on any atom is 0.0115 e. The zero-order valence-corrected chi connectivity index (χ0v) is 11.3. The van der Waals surface area contributed by atoms with Crippen LogP contribution in [0, 0.1) is 5.92 Å². The van der Waals surface area contributed by atoms with Crippen molar-refractivity contribution in [2.45, 2.75) is 44.4 Å². The Kier molecular flexibility index (Phi) is 5.68. The van der Waals surface area contributed by atoms with Gasteiger partial charge < -0.3 is 0 Å². The van der Waals surface area contributed by atoms with Crippen LogP contribution < -0.4 is 0 Å². The van der Waals surface area contributed by atoms with Crippen molar-refractivity contribution in [1.29, 1.82) is 0 Å². The van der Waals surface area contributed by atoms with Crippen LogP contribution in [-0.2, 0) is 0 Å². The normalized spacial score (nSPS) is 10.8. The molecule has 1 heteroatoms. The van der Waals surface area contributed by atoms with Gasteiger partial charge in [0.05, 0.1) is 0 Å². The molecular formula is C15H22S. The molecule has 0 nitrogen and oxygen atoms in total. The predicted molar refractivity (Wildman–Crippen MR) is 76.0 cm³/mol. The number of rotatable bonds is 6. The second-order valence-electron chi connectivity index (χ2n) is 4.32. The van der Waals surface area contributed by atoms with E-state index in [9.17, 15) is 0 Å². The lowest BCUT2D eigenvalue weighted by Crippen LogP contribution is -2.03. The van der Waals surface area contributed by atoms with Gasteiger partial charge in [0.1, 0.15) is 0 Å². The Morgan fingerprint density at radius 3 is 2.25 bits per heavy atom. The number of thiol groups is 1. The molecule has 0 aliphatic carbocycles. The van der Waals surface area contributed by atoms with E-state index in [-0.39, 0.29) is 0 Å². The van der Waals surface area contributed by atoms with E-state index < -0.39 is 0 Å². The van der Waals surface area contributed by atoms with Crippen LogP contribution in [0.4, 0.5) is 0 Å². The van der Waals surface area contributed by atoms with E-state index in [0.717, 1.165) is 4.90 Å². The quantitative estimate of drug-likeness (QED) is 0.642. The molecular weight excluding hydrogens is 212 g/mol. The molecule has 0 N–H and O–H groups in total. The van der Waals surface area contributed by atoms with Crippen molar-refractivity contribution in [3.05, 3.63) is 36.4 Å². The summed E-state index contributed by atoms with van der Waals surface area (Å²) in [5.41, 5.74) is 2.48. The van der Waals surface area contributed by atoms with Gasteiger partial charge >= 0.3 is 0 Å². The summed E-state index contributed by atoms with van der Waals surface area (Å²) in [7, 11) is 0. The third-order valence-corrected chi connectivity index (χ3v) is 3.41. The average Bonchev–Trinajstić information content (AvgIpc) is 2.28. The minimum Gasteiger partial charge on any atom is -0.143 e. The fourth-order valence-corrected chi connectivity index (χ4v) is 2.46. The first-order valence-electron chi connectivity index (χ1n) is 6.17. The lowest BCUT2D eigenvalue weighted by atomic mass is 9.87. The Morgan fingerprint density at radius 1 is 1.19 bits per heavy atom. The van der Waals surface area contributed by atoms with Crippen molar-refractivity contribution in [1.82, 2.24) is 0 Å². The minimum absolute atomic E-state index is 0.614. The van der Waals surface area contributed by atoms with Crippen LogP contribution in [0.1, 0.15) is 45.1 Å². The summed E-state index contributed by atoms with van der Waals surface area (Å²) in [5.74, 6) is 0.614. The molecule has 0 radical (unpaired) electrons. The monoisotopic (exact) mass is 234 g/mol. The molecule has 0 unspecified atom stereocenters. The van der Waals surface area contributed by atoms with Gasteiger partial charge in [-0.15, -0.1) is 12.6 Å². The fourth-order valence-electron chi connectivity index (χ4n) is 2.15. The van der Waals surface area contributed by atoms with Gasteiger partial charge in [-0.3, -0.25) is 0 Å². The average molecular weight is 234 g/mol. The van der Waals surface area contributed by atoms with Crippen LogP contribution in [0.25, 0.3) is 5.57 Å². The van der Waals surface area contributed by atoms with Crippen LogP contribution >= 0.6 is 12.6 Å². The highest BCUT2D eigenvalue weighted by Gasteiger charge is 2.13. The zero-order chi connectivity index (χ0) is 12.0. The predicted octanol–water partition coefficient (Wildman–Crippen LogP) is 5.20. The summed E-state index contributed by atoms with van der Waals surface area (Å²) in [6.45, 7) is 8.75. The van der Waals surface area contributed by atoms with E-state index in [1.54, 1.807) is 0 Å². The van der Waals surface area contributed by atoms with E-state index in [4.69, 9.17) is 0 Å². The molecule has 0 spiro atoms. The highest BCUT2D eigenvalue weighted by molar-refractivity contribution is 7.80. The lowest BCUT2D eigenvalue weighted by Gasteiger charge is -2.19. The van der Waals surface area contributed by atoms with Crippen LogP contribution in [0.2, 0.25) is 0 Å². The van der Waals surface area contributed by atoms with Crippen molar-refractivity contribution in [3.8, 4) is 0 Å². The van der Waals surface area contributed by atoms with Gasteiger partial charge in [-0.1, -0.05) is 51.5 Å². The molecule has 0 aliphatic heterocycles. The highest BCUT2D eigenvalue weighted by atomic mass is 32.1. The number of allylic oxidation sites excluding steroid dienone is 1. The Balaban J connectivity index is 2.85. The molecule has 0 aromatic heterocycles.